The van der Waals surface area contributed by atoms with Crippen molar-refractivity contribution >= 4 is 5.97 Å². The number of carbonyl (C=O) groups is 1. The van der Waals surface area contributed by atoms with E-state index in [1.165, 1.54) is 32.0 Å². The quantitative estimate of drug-likeness (QED) is 0.429. The molecule has 1 aromatic rings. The molecule has 0 aliphatic heterocycles. The van der Waals surface area contributed by atoms with E-state index in [0.717, 1.165) is 44.1 Å². The number of rotatable bonds is 7. The van der Waals surface area contributed by atoms with Crippen molar-refractivity contribution < 1.29 is 20.1 Å². The van der Waals surface area contributed by atoms with Gasteiger partial charge in [-0.05, 0) is 110 Å². The predicted molar refractivity (Wildman–Crippen MR) is 143 cm³/mol. The van der Waals surface area contributed by atoms with Crippen LogP contribution in [0.15, 0.2) is 12.5 Å². The van der Waals surface area contributed by atoms with Crippen molar-refractivity contribution in [2.45, 2.75) is 111 Å². The molecule has 1 heterocycles. The lowest BCUT2D eigenvalue weighted by molar-refractivity contribution is -0.203. The van der Waals surface area contributed by atoms with Crippen molar-refractivity contribution in [1.29, 1.82) is 0 Å². The summed E-state index contributed by atoms with van der Waals surface area (Å²) in [5.74, 6) is 2.52. The number of hydrogen-bond acceptors (Lipinski definition) is 5. The Kier molecular flexibility index (Phi) is 7.47. The van der Waals surface area contributed by atoms with Crippen LogP contribution in [0.25, 0.3) is 0 Å². The van der Waals surface area contributed by atoms with Gasteiger partial charge in [-0.1, -0.05) is 40.5 Å². The molecular weight excluding hydrogens is 464 g/mol. The monoisotopic (exact) mass is 512 g/mol. The van der Waals surface area contributed by atoms with Crippen LogP contribution in [-0.4, -0.2) is 43.5 Å². The van der Waals surface area contributed by atoms with Crippen LogP contribution in [-0.2, 0) is 6.42 Å². The van der Waals surface area contributed by atoms with Gasteiger partial charge in [-0.15, -0.1) is 0 Å². The number of fused-ring (bicyclic) bond motifs is 5. The van der Waals surface area contributed by atoms with E-state index in [0.29, 0.717) is 47.8 Å². The molecule has 4 aliphatic rings. The van der Waals surface area contributed by atoms with Gasteiger partial charge in [0.25, 0.3) is 0 Å². The van der Waals surface area contributed by atoms with Gasteiger partial charge >= 0.3 is 5.97 Å². The largest absolute Gasteiger partial charge is 0.477 e. The molecule has 4 saturated carbocycles. The minimum absolute atomic E-state index is 0.132. The molecule has 3 N–H and O–H groups in total. The minimum atomic E-state index is -0.979. The number of aryl methyl sites for hydroxylation is 1. The average molecular weight is 513 g/mol. The normalized spacial score (nSPS) is 43.9. The molecule has 0 radical (unpaired) electrons. The lowest BCUT2D eigenvalue weighted by Gasteiger charge is -2.64. The molecule has 37 heavy (non-hydrogen) atoms. The molecule has 0 bridgehead atoms. The molecule has 4 fully saturated rings. The summed E-state index contributed by atoms with van der Waals surface area (Å²) in [6.45, 7) is 9.68. The topological polar surface area (TPSA) is 104 Å². The molecule has 1 aromatic heterocycles. The Hall–Kier alpha value is -1.53. The smallest absolute Gasteiger partial charge is 0.354 e. The summed E-state index contributed by atoms with van der Waals surface area (Å²) >= 11 is 0. The van der Waals surface area contributed by atoms with Crippen molar-refractivity contribution in [3.8, 4) is 0 Å². The number of aromatic carboxylic acids is 1. The summed E-state index contributed by atoms with van der Waals surface area (Å²) in [4.78, 5) is 19.5. The summed E-state index contributed by atoms with van der Waals surface area (Å²) in [7, 11) is 0. The van der Waals surface area contributed by atoms with Crippen LogP contribution in [0.5, 0.6) is 0 Å². The van der Waals surface area contributed by atoms with Crippen LogP contribution in [0.3, 0.4) is 0 Å². The van der Waals surface area contributed by atoms with E-state index in [2.05, 4.69) is 37.7 Å². The van der Waals surface area contributed by atoms with Crippen LogP contribution in [0.1, 0.15) is 108 Å². The maximum atomic E-state index is 11.9. The number of carboxylic acid groups (broad SMARTS) is 1. The summed E-state index contributed by atoms with van der Waals surface area (Å²) in [5, 5.41) is 31.8. The Balaban J connectivity index is 1.30. The standard InChI is InChI=1S/C31H48N2O4/c1-5-21-25-15-20(34)11-13-31(25,4)24-12-14-30(3)22(9-10-23(30)26(24)28(21)35)18(2)7-6-8-19-16-32-17-33-27(19)29(36)37/h16-18,20-26,28,34-35H,5-15H2,1-4H3,(H,36,37)/t18-,20-,21-,22-,23?,24?,25+,26?,28-,30-,31-/m1/s1. The van der Waals surface area contributed by atoms with E-state index in [9.17, 15) is 20.1 Å². The Bertz CT molecular complexity index is 986. The second-order valence-electron chi connectivity index (χ2n) is 13.7. The molecule has 5 rings (SSSR count). The molecule has 0 spiro atoms. The highest BCUT2D eigenvalue weighted by Crippen LogP contribution is 2.69. The van der Waals surface area contributed by atoms with E-state index < -0.39 is 5.97 Å². The molecule has 0 amide bonds. The fraction of sp³-hybridized carbons (Fsp3) is 0.839. The first kappa shape index (κ1) is 27.1. The number of hydrogen-bond donors (Lipinski definition) is 3. The van der Waals surface area contributed by atoms with Crippen LogP contribution in [0.2, 0.25) is 0 Å². The van der Waals surface area contributed by atoms with Gasteiger partial charge in [-0.2, -0.15) is 0 Å². The third-order valence-corrected chi connectivity index (χ3v) is 12.2. The van der Waals surface area contributed by atoms with E-state index in [1.54, 1.807) is 6.20 Å². The first-order valence-corrected chi connectivity index (χ1v) is 15.0. The van der Waals surface area contributed by atoms with Crippen molar-refractivity contribution in [2.75, 3.05) is 0 Å². The zero-order valence-corrected chi connectivity index (χ0v) is 23.3. The molecule has 6 nitrogen and oxygen atoms in total. The first-order valence-electron chi connectivity index (χ1n) is 15.0. The number of nitrogens with zero attached hydrogens (tertiary/aromatic N) is 2. The van der Waals surface area contributed by atoms with Crippen molar-refractivity contribution in [1.82, 2.24) is 9.97 Å². The van der Waals surface area contributed by atoms with Crippen LogP contribution < -0.4 is 0 Å². The molecule has 4 aliphatic carbocycles. The van der Waals surface area contributed by atoms with E-state index in [1.807, 2.05) is 0 Å². The Labute approximate surface area is 222 Å². The fourth-order valence-corrected chi connectivity index (χ4v) is 10.5. The summed E-state index contributed by atoms with van der Waals surface area (Å²) in [6.07, 6.45) is 14.1. The number of aromatic nitrogens is 2. The van der Waals surface area contributed by atoms with Crippen molar-refractivity contribution in [3.63, 3.8) is 0 Å². The molecule has 0 aromatic carbocycles. The van der Waals surface area contributed by atoms with Crippen molar-refractivity contribution in [3.05, 3.63) is 23.8 Å². The minimum Gasteiger partial charge on any atom is -0.477 e. The second-order valence-corrected chi connectivity index (χ2v) is 13.7. The summed E-state index contributed by atoms with van der Waals surface area (Å²) < 4.78 is 0. The van der Waals surface area contributed by atoms with E-state index in [4.69, 9.17) is 0 Å². The lowest BCUT2D eigenvalue weighted by atomic mass is 9.41. The zero-order chi connectivity index (χ0) is 26.5. The fourth-order valence-electron chi connectivity index (χ4n) is 10.5. The van der Waals surface area contributed by atoms with E-state index >= 15 is 0 Å². The van der Waals surface area contributed by atoms with Gasteiger partial charge in [0.1, 0.15) is 6.33 Å². The highest BCUT2D eigenvalue weighted by atomic mass is 16.4. The second kappa shape index (κ2) is 10.2. The number of aliphatic hydroxyl groups excluding tert-OH is 2. The van der Waals surface area contributed by atoms with E-state index in [-0.39, 0.29) is 28.7 Å². The number of aliphatic hydroxyl groups is 2. The van der Waals surface area contributed by atoms with Gasteiger partial charge < -0.3 is 15.3 Å². The lowest BCUT2D eigenvalue weighted by Crippen LogP contribution is -2.62. The van der Waals surface area contributed by atoms with Gasteiger partial charge in [-0.25, -0.2) is 14.8 Å². The maximum absolute atomic E-state index is 11.9. The van der Waals surface area contributed by atoms with Crippen LogP contribution in [0.4, 0.5) is 0 Å². The zero-order valence-electron chi connectivity index (χ0n) is 23.3. The highest BCUT2D eigenvalue weighted by Gasteiger charge is 2.64. The molecule has 6 heteroatoms. The number of carboxylic acids is 1. The Morgan fingerprint density at radius 3 is 2.54 bits per heavy atom. The van der Waals surface area contributed by atoms with Crippen molar-refractivity contribution in [2.24, 2.45) is 52.3 Å². The van der Waals surface area contributed by atoms with Crippen LogP contribution in [0, 0.1) is 52.3 Å². The third-order valence-electron chi connectivity index (χ3n) is 12.2. The molecule has 11 atom stereocenters. The summed E-state index contributed by atoms with van der Waals surface area (Å²) in [6, 6.07) is 0. The van der Waals surface area contributed by atoms with Gasteiger partial charge in [0.05, 0.1) is 12.2 Å². The SMILES string of the molecule is CC[C@H]1[C@@H](O)C2C3CC[C@H]([C@H](C)CCCc4cncnc4C(=O)O)[C@@]3(C)CCC2[C@@]2(C)CC[C@@H](O)C[C@@H]12. The third kappa shape index (κ3) is 4.44. The molecule has 206 valence electrons. The average Bonchev–Trinajstić information content (AvgIpc) is 3.22. The van der Waals surface area contributed by atoms with Gasteiger partial charge in [-0.3, -0.25) is 0 Å². The van der Waals surface area contributed by atoms with Crippen LogP contribution >= 0.6 is 0 Å². The Morgan fingerprint density at radius 2 is 1.81 bits per heavy atom. The van der Waals surface area contributed by atoms with Gasteiger partial charge in [0.15, 0.2) is 5.69 Å². The maximum Gasteiger partial charge on any atom is 0.354 e. The highest BCUT2D eigenvalue weighted by molar-refractivity contribution is 5.86. The first-order chi connectivity index (χ1) is 17.6. The molecule has 3 unspecified atom stereocenters. The van der Waals surface area contributed by atoms with Gasteiger partial charge in [0, 0.05) is 11.8 Å². The predicted octanol–water partition coefficient (Wildman–Crippen LogP) is 5.76. The van der Waals surface area contributed by atoms with Gasteiger partial charge in [0.2, 0.25) is 0 Å². The Morgan fingerprint density at radius 1 is 1.08 bits per heavy atom. The summed E-state index contributed by atoms with van der Waals surface area (Å²) in [5.41, 5.74) is 1.37. The molecular formula is C31H48N2O4. The molecule has 0 saturated heterocycles.